The van der Waals surface area contributed by atoms with Gasteiger partial charge in [0.25, 0.3) is 0 Å². The minimum atomic E-state index is 0.657. The fourth-order valence-electron chi connectivity index (χ4n) is 2.66. The van der Waals surface area contributed by atoms with Gasteiger partial charge in [-0.3, -0.25) is 4.90 Å². The topological polar surface area (TPSA) is 27.0 Å². The van der Waals surface area contributed by atoms with Crippen LogP contribution in [0.2, 0.25) is 0 Å². The van der Waals surface area contributed by atoms with E-state index in [2.05, 4.69) is 30.9 Å². The van der Waals surface area contributed by atoms with Crippen LogP contribution in [0.5, 0.6) is 0 Å². The number of likely N-dealkylation sites (tertiary alicyclic amines) is 1. The van der Waals surface area contributed by atoms with Crippen molar-refractivity contribution in [2.24, 2.45) is 5.92 Å². The van der Waals surface area contributed by atoms with Crippen molar-refractivity contribution in [3.63, 3.8) is 0 Å². The maximum absolute atomic E-state index is 8.89. The van der Waals surface area contributed by atoms with Gasteiger partial charge in [-0.1, -0.05) is 19.1 Å². The molecule has 1 aliphatic heterocycles. The summed E-state index contributed by atoms with van der Waals surface area (Å²) in [4.78, 5) is 2.52. The van der Waals surface area contributed by atoms with Crippen LogP contribution in [0.1, 0.15) is 37.8 Å². The largest absolute Gasteiger partial charge is 0.296 e. The standard InChI is InChI=1S/C15H20N2/c1-12-6-7-17(13(2)8-12)11-15-5-3-4-14(9-15)10-16/h3-5,9,12-13H,6-8,11H2,1-2H3. The molecule has 0 aliphatic carbocycles. The van der Waals surface area contributed by atoms with Crippen LogP contribution < -0.4 is 0 Å². The molecule has 1 heterocycles. The lowest BCUT2D eigenvalue weighted by atomic mass is 9.93. The molecular weight excluding hydrogens is 208 g/mol. The fourth-order valence-corrected chi connectivity index (χ4v) is 2.66. The Balaban J connectivity index is 2.03. The summed E-state index contributed by atoms with van der Waals surface area (Å²) in [7, 11) is 0. The molecule has 90 valence electrons. The zero-order valence-corrected chi connectivity index (χ0v) is 10.7. The number of hydrogen-bond donors (Lipinski definition) is 0. The fraction of sp³-hybridized carbons (Fsp3) is 0.533. The SMILES string of the molecule is CC1CCN(Cc2cccc(C#N)c2)C(C)C1. The first-order chi connectivity index (χ1) is 8.19. The summed E-state index contributed by atoms with van der Waals surface area (Å²) >= 11 is 0. The Morgan fingerprint density at radius 1 is 1.41 bits per heavy atom. The van der Waals surface area contributed by atoms with Crippen molar-refractivity contribution in [1.29, 1.82) is 5.26 Å². The quantitative estimate of drug-likeness (QED) is 0.777. The molecule has 1 fully saturated rings. The monoisotopic (exact) mass is 228 g/mol. The van der Waals surface area contributed by atoms with E-state index in [1.165, 1.54) is 24.9 Å². The molecular formula is C15H20N2. The second-order valence-electron chi connectivity index (χ2n) is 5.26. The first-order valence-corrected chi connectivity index (χ1v) is 6.42. The van der Waals surface area contributed by atoms with Crippen molar-refractivity contribution in [3.8, 4) is 6.07 Å². The van der Waals surface area contributed by atoms with Gasteiger partial charge in [0.1, 0.15) is 0 Å². The highest BCUT2D eigenvalue weighted by Gasteiger charge is 2.22. The van der Waals surface area contributed by atoms with E-state index < -0.39 is 0 Å². The van der Waals surface area contributed by atoms with E-state index in [4.69, 9.17) is 5.26 Å². The molecule has 17 heavy (non-hydrogen) atoms. The molecule has 0 radical (unpaired) electrons. The van der Waals surface area contributed by atoms with Gasteiger partial charge in [-0.25, -0.2) is 0 Å². The molecule has 2 heteroatoms. The summed E-state index contributed by atoms with van der Waals surface area (Å²) in [5.41, 5.74) is 2.02. The van der Waals surface area contributed by atoms with Crippen molar-refractivity contribution in [1.82, 2.24) is 4.90 Å². The number of hydrogen-bond acceptors (Lipinski definition) is 2. The molecule has 0 bridgehead atoms. The summed E-state index contributed by atoms with van der Waals surface area (Å²) < 4.78 is 0. The Labute approximate surface area is 104 Å². The molecule has 0 amide bonds. The van der Waals surface area contributed by atoms with Gasteiger partial charge in [0, 0.05) is 12.6 Å². The molecule has 2 unspecified atom stereocenters. The lowest BCUT2D eigenvalue weighted by Crippen LogP contribution is -2.39. The van der Waals surface area contributed by atoms with Crippen LogP contribution in [-0.4, -0.2) is 17.5 Å². The Morgan fingerprint density at radius 3 is 2.94 bits per heavy atom. The number of nitrogens with zero attached hydrogens (tertiary/aromatic N) is 2. The third kappa shape index (κ3) is 3.08. The zero-order valence-electron chi connectivity index (χ0n) is 10.7. The number of rotatable bonds is 2. The summed E-state index contributed by atoms with van der Waals surface area (Å²) in [5.74, 6) is 0.853. The highest BCUT2D eigenvalue weighted by atomic mass is 15.2. The van der Waals surface area contributed by atoms with Gasteiger partial charge in [-0.05, 0) is 49.9 Å². The second kappa shape index (κ2) is 5.33. The van der Waals surface area contributed by atoms with Gasteiger partial charge in [0.2, 0.25) is 0 Å². The van der Waals surface area contributed by atoms with Crippen LogP contribution in [0.4, 0.5) is 0 Å². The van der Waals surface area contributed by atoms with Gasteiger partial charge in [0.05, 0.1) is 11.6 Å². The Hall–Kier alpha value is -1.33. The maximum Gasteiger partial charge on any atom is 0.0991 e. The van der Waals surface area contributed by atoms with Crippen molar-refractivity contribution in [3.05, 3.63) is 35.4 Å². The van der Waals surface area contributed by atoms with E-state index in [1.54, 1.807) is 0 Å². The summed E-state index contributed by atoms with van der Waals surface area (Å²) in [5, 5.41) is 8.89. The molecule has 2 nitrogen and oxygen atoms in total. The molecule has 0 saturated carbocycles. The second-order valence-corrected chi connectivity index (χ2v) is 5.26. The predicted octanol–water partition coefficient (Wildman–Crippen LogP) is 3.18. The molecule has 1 saturated heterocycles. The first-order valence-electron chi connectivity index (χ1n) is 6.42. The first kappa shape index (κ1) is 12.1. The van der Waals surface area contributed by atoms with Gasteiger partial charge in [-0.15, -0.1) is 0 Å². The van der Waals surface area contributed by atoms with E-state index in [0.717, 1.165) is 18.0 Å². The molecule has 0 spiro atoms. The molecule has 1 aromatic carbocycles. The van der Waals surface area contributed by atoms with E-state index in [0.29, 0.717) is 6.04 Å². The third-order valence-corrected chi connectivity index (χ3v) is 3.72. The Bertz CT molecular complexity index is 419. The van der Waals surface area contributed by atoms with Crippen LogP contribution in [-0.2, 0) is 6.54 Å². The summed E-state index contributed by atoms with van der Waals surface area (Å²) in [6, 6.07) is 10.8. The lowest BCUT2D eigenvalue weighted by molar-refractivity contribution is 0.122. The maximum atomic E-state index is 8.89. The van der Waals surface area contributed by atoms with Gasteiger partial charge in [0.15, 0.2) is 0 Å². The average molecular weight is 228 g/mol. The van der Waals surface area contributed by atoms with Crippen molar-refractivity contribution in [2.45, 2.75) is 39.3 Å². The van der Waals surface area contributed by atoms with Gasteiger partial charge < -0.3 is 0 Å². The summed E-state index contributed by atoms with van der Waals surface area (Å²) in [6.45, 7) is 6.80. The molecule has 0 aromatic heterocycles. The van der Waals surface area contributed by atoms with Crippen LogP contribution in [0.3, 0.4) is 0 Å². The minimum absolute atomic E-state index is 0.657. The number of piperidine rings is 1. The normalized spacial score (nSPS) is 25.5. The van der Waals surface area contributed by atoms with Crippen LogP contribution in [0.15, 0.2) is 24.3 Å². The van der Waals surface area contributed by atoms with Crippen LogP contribution in [0.25, 0.3) is 0 Å². The minimum Gasteiger partial charge on any atom is -0.296 e. The third-order valence-electron chi connectivity index (χ3n) is 3.72. The zero-order chi connectivity index (χ0) is 12.3. The van der Waals surface area contributed by atoms with Gasteiger partial charge >= 0.3 is 0 Å². The Kier molecular flexibility index (Phi) is 3.81. The highest BCUT2D eigenvalue weighted by molar-refractivity contribution is 5.32. The van der Waals surface area contributed by atoms with E-state index in [9.17, 15) is 0 Å². The van der Waals surface area contributed by atoms with Crippen molar-refractivity contribution in [2.75, 3.05) is 6.54 Å². The number of benzene rings is 1. The molecule has 1 aromatic rings. The van der Waals surface area contributed by atoms with Crippen molar-refractivity contribution >= 4 is 0 Å². The van der Waals surface area contributed by atoms with Crippen molar-refractivity contribution < 1.29 is 0 Å². The highest BCUT2D eigenvalue weighted by Crippen LogP contribution is 2.23. The summed E-state index contributed by atoms with van der Waals surface area (Å²) in [6.07, 6.45) is 2.58. The number of nitriles is 1. The average Bonchev–Trinajstić information content (AvgIpc) is 2.33. The molecule has 1 aliphatic rings. The smallest absolute Gasteiger partial charge is 0.0991 e. The van der Waals surface area contributed by atoms with Gasteiger partial charge in [-0.2, -0.15) is 5.26 Å². The van der Waals surface area contributed by atoms with E-state index >= 15 is 0 Å². The van der Waals surface area contributed by atoms with Crippen LogP contribution >= 0.6 is 0 Å². The van der Waals surface area contributed by atoms with Crippen LogP contribution in [0, 0.1) is 17.2 Å². The Morgan fingerprint density at radius 2 is 2.24 bits per heavy atom. The lowest BCUT2D eigenvalue weighted by Gasteiger charge is -2.36. The molecule has 2 rings (SSSR count). The van der Waals surface area contributed by atoms with E-state index in [-0.39, 0.29) is 0 Å². The van der Waals surface area contributed by atoms with E-state index in [1.807, 2.05) is 18.2 Å². The molecule has 0 N–H and O–H groups in total. The predicted molar refractivity (Wildman–Crippen MR) is 69.4 cm³/mol. The molecule has 2 atom stereocenters.